The Kier molecular flexibility index (Phi) is 10.6. The third kappa shape index (κ3) is 8.99. The number of carboxylic acid groups (broad SMARTS) is 2. The Morgan fingerprint density at radius 3 is 2.02 bits per heavy atom. The van der Waals surface area contributed by atoms with Crippen LogP contribution in [-0.4, -0.2) is 65.9 Å². The fourth-order valence-electron chi connectivity index (χ4n) is 4.55. The summed E-state index contributed by atoms with van der Waals surface area (Å²) in [6, 6.07) is 21.9. The van der Waals surface area contributed by atoms with E-state index in [0.29, 0.717) is 45.1 Å². The molecule has 0 aliphatic carbocycles. The Bertz CT molecular complexity index is 1300. The van der Waals surface area contributed by atoms with Crippen LogP contribution < -0.4 is 14.2 Å². The number of rotatable bonds is 16. The smallest absolute Gasteiger partial charge is 0.335 e. The van der Waals surface area contributed by atoms with Gasteiger partial charge < -0.3 is 29.3 Å². The number of aliphatic carboxylic acids is 1. The minimum Gasteiger partial charge on any atom is -0.494 e. The lowest BCUT2D eigenvalue weighted by Crippen LogP contribution is -2.50. The molecular weight excluding hydrogens is 526 g/mol. The molecule has 3 aromatic carbocycles. The molecule has 2 N–H and O–H groups in total. The summed E-state index contributed by atoms with van der Waals surface area (Å²) in [7, 11) is 0. The molecule has 0 radical (unpaired) electrons. The number of carbonyl (C=O) groups excluding carboxylic acids is 1. The first-order valence-corrected chi connectivity index (χ1v) is 13.8. The van der Waals surface area contributed by atoms with Crippen molar-refractivity contribution in [3.63, 3.8) is 0 Å². The predicted molar refractivity (Wildman–Crippen MR) is 152 cm³/mol. The van der Waals surface area contributed by atoms with Crippen LogP contribution in [0.15, 0.2) is 72.8 Å². The van der Waals surface area contributed by atoms with E-state index in [2.05, 4.69) is 0 Å². The fourth-order valence-corrected chi connectivity index (χ4v) is 4.55. The number of hydrogen-bond donors (Lipinski definition) is 2. The Morgan fingerprint density at radius 1 is 0.756 bits per heavy atom. The number of nitrogens with zero attached hydrogens (tertiary/aromatic N) is 1. The van der Waals surface area contributed by atoms with Crippen LogP contribution >= 0.6 is 0 Å². The van der Waals surface area contributed by atoms with Crippen LogP contribution in [0.3, 0.4) is 0 Å². The zero-order chi connectivity index (χ0) is 29.0. The van der Waals surface area contributed by atoms with Crippen molar-refractivity contribution in [1.29, 1.82) is 0 Å². The Balaban J connectivity index is 1.18. The number of carboxylic acids is 2. The Morgan fingerprint density at radius 2 is 1.39 bits per heavy atom. The van der Waals surface area contributed by atoms with Crippen molar-refractivity contribution in [2.24, 2.45) is 5.92 Å². The third-order valence-electron chi connectivity index (χ3n) is 6.77. The molecule has 9 heteroatoms. The monoisotopic (exact) mass is 561 g/mol. The maximum atomic E-state index is 13.0. The number of carbonyl (C=O) groups is 3. The van der Waals surface area contributed by atoms with Gasteiger partial charge in [-0.3, -0.25) is 9.59 Å². The molecule has 0 aromatic heterocycles. The minimum atomic E-state index is -1.14. The van der Waals surface area contributed by atoms with Gasteiger partial charge in [-0.2, -0.15) is 0 Å². The van der Waals surface area contributed by atoms with Gasteiger partial charge in [0, 0.05) is 19.0 Å². The largest absolute Gasteiger partial charge is 0.494 e. The second-order valence-corrected chi connectivity index (χ2v) is 10.0. The summed E-state index contributed by atoms with van der Waals surface area (Å²) < 4.78 is 17.4. The second-order valence-electron chi connectivity index (χ2n) is 10.0. The molecule has 41 heavy (non-hydrogen) atoms. The van der Waals surface area contributed by atoms with Gasteiger partial charge >= 0.3 is 11.9 Å². The summed E-state index contributed by atoms with van der Waals surface area (Å²) >= 11 is 0. The number of aryl methyl sites for hydroxylation is 1. The highest BCUT2D eigenvalue weighted by molar-refractivity contribution is 6.00. The van der Waals surface area contributed by atoms with E-state index >= 15 is 0 Å². The van der Waals surface area contributed by atoms with Gasteiger partial charge in [-0.15, -0.1) is 0 Å². The molecule has 1 amide bonds. The van der Waals surface area contributed by atoms with Gasteiger partial charge in [-0.05, 0) is 73.7 Å². The summed E-state index contributed by atoms with van der Waals surface area (Å²) in [6.45, 7) is 2.26. The van der Waals surface area contributed by atoms with E-state index in [1.54, 1.807) is 0 Å². The molecule has 1 heterocycles. The average molecular weight is 562 g/mol. The number of likely N-dealkylation sites (tertiary alicyclic amines) is 1. The topological polar surface area (TPSA) is 123 Å². The van der Waals surface area contributed by atoms with Gasteiger partial charge in [-0.25, -0.2) is 4.79 Å². The fraction of sp³-hybridized carbons (Fsp3) is 0.344. The SMILES string of the molecule is O=C(O)CC1CN(C(=O)c2cc(C(=O)O)ccc2OCCCc2ccc(OCCCCOc3ccccc3)cc2)C1. The van der Waals surface area contributed by atoms with Gasteiger partial charge in [0.05, 0.1) is 37.4 Å². The molecule has 3 aromatic rings. The van der Waals surface area contributed by atoms with Crippen molar-refractivity contribution in [2.75, 3.05) is 32.9 Å². The molecule has 1 aliphatic rings. The van der Waals surface area contributed by atoms with Gasteiger partial charge in [-0.1, -0.05) is 30.3 Å². The van der Waals surface area contributed by atoms with Crippen LogP contribution in [0.1, 0.15) is 52.0 Å². The molecule has 0 spiro atoms. The zero-order valence-corrected chi connectivity index (χ0v) is 22.9. The van der Waals surface area contributed by atoms with Gasteiger partial charge in [0.15, 0.2) is 0 Å². The lowest BCUT2D eigenvalue weighted by molar-refractivity contribution is -0.139. The van der Waals surface area contributed by atoms with E-state index in [1.807, 2.05) is 54.6 Å². The van der Waals surface area contributed by atoms with Crippen LogP contribution in [0.5, 0.6) is 17.2 Å². The Labute approximate surface area is 239 Å². The number of ether oxygens (including phenoxy) is 3. The van der Waals surface area contributed by atoms with Gasteiger partial charge in [0.1, 0.15) is 17.2 Å². The normalized spacial score (nSPS) is 12.8. The van der Waals surface area contributed by atoms with Crippen LogP contribution in [0.2, 0.25) is 0 Å². The molecule has 9 nitrogen and oxygen atoms in total. The minimum absolute atomic E-state index is 0.0000264. The molecule has 0 atom stereocenters. The van der Waals surface area contributed by atoms with Crippen molar-refractivity contribution in [3.8, 4) is 17.2 Å². The molecule has 0 saturated carbocycles. The first kappa shape index (κ1) is 29.5. The second kappa shape index (κ2) is 14.7. The number of para-hydroxylation sites is 1. The Hall–Kier alpha value is -4.53. The lowest BCUT2D eigenvalue weighted by Gasteiger charge is -2.38. The number of aromatic carboxylic acids is 1. The summed E-state index contributed by atoms with van der Waals surface area (Å²) in [5, 5.41) is 18.3. The lowest BCUT2D eigenvalue weighted by atomic mass is 9.95. The first-order chi connectivity index (χ1) is 19.9. The molecule has 1 fully saturated rings. The molecular formula is C32H35NO8. The highest BCUT2D eigenvalue weighted by Gasteiger charge is 2.34. The predicted octanol–water partition coefficient (Wildman–Crippen LogP) is 5.18. The van der Waals surface area contributed by atoms with Crippen molar-refractivity contribution in [3.05, 3.63) is 89.5 Å². The van der Waals surface area contributed by atoms with E-state index < -0.39 is 11.9 Å². The van der Waals surface area contributed by atoms with Crippen molar-refractivity contribution in [2.45, 2.75) is 32.1 Å². The molecule has 216 valence electrons. The molecule has 1 saturated heterocycles. The molecule has 4 rings (SSSR count). The first-order valence-electron chi connectivity index (χ1n) is 13.8. The maximum absolute atomic E-state index is 13.0. The quantitative estimate of drug-likeness (QED) is 0.229. The van der Waals surface area contributed by atoms with E-state index in [9.17, 15) is 19.5 Å². The van der Waals surface area contributed by atoms with Crippen LogP contribution in [0, 0.1) is 5.92 Å². The highest BCUT2D eigenvalue weighted by Crippen LogP contribution is 2.27. The van der Waals surface area contributed by atoms with Crippen LogP contribution in [-0.2, 0) is 11.2 Å². The highest BCUT2D eigenvalue weighted by atomic mass is 16.5. The summed E-state index contributed by atoms with van der Waals surface area (Å²) in [5.74, 6) is -0.487. The number of hydrogen-bond acceptors (Lipinski definition) is 6. The van der Waals surface area contributed by atoms with Crippen LogP contribution in [0.4, 0.5) is 0 Å². The average Bonchev–Trinajstić information content (AvgIpc) is 2.95. The van der Waals surface area contributed by atoms with Gasteiger partial charge in [0.25, 0.3) is 5.91 Å². The van der Waals surface area contributed by atoms with Crippen LogP contribution in [0.25, 0.3) is 0 Å². The van der Waals surface area contributed by atoms with E-state index in [0.717, 1.165) is 36.3 Å². The molecule has 1 aliphatic heterocycles. The number of benzene rings is 3. The third-order valence-corrected chi connectivity index (χ3v) is 6.77. The van der Waals surface area contributed by atoms with Gasteiger partial charge in [0.2, 0.25) is 0 Å². The van der Waals surface area contributed by atoms with Crippen molar-refractivity contribution in [1.82, 2.24) is 4.90 Å². The standard InChI is InChI=1S/C32H35NO8/c34-30(35)19-24-21-33(22-24)31(36)28-20-25(32(37)38)12-15-29(28)41-18-6-7-23-10-13-27(14-11-23)40-17-5-4-16-39-26-8-2-1-3-9-26/h1-3,8-15,20,24H,4-7,16-19,21-22H2,(H,34,35)(H,37,38). The molecule has 0 unspecified atom stereocenters. The van der Waals surface area contributed by atoms with E-state index in [-0.39, 0.29) is 29.4 Å². The molecule has 0 bridgehead atoms. The number of unbranched alkanes of at least 4 members (excludes halogenated alkanes) is 1. The van der Waals surface area contributed by atoms with E-state index in [4.69, 9.17) is 19.3 Å². The summed E-state index contributed by atoms with van der Waals surface area (Å²) in [5.41, 5.74) is 1.29. The summed E-state index contributed by atoms with van der Waals surface area (Å²) in [4.78, 5) is 36.9. The number of amides is 1. The van der Waals surface area contributed by atoms with Crippen molar-refractivity contribution < 1.29 is 38.8 Å². The van der Waals surface area contributed by atoms with Crippen molar-refractivity contribution >= 4 is 17.8 Å². The van der Waals surface area contributed by atoms with E-state index in [1.165, 1.54) is 23.1 Å². The summed E-state index contributed by atoms with van der Waals surface area (Å²) in [6.07, 6.45) is 3.25. The maximum Gasteiger partial charge on any atom is 0.335 e. The zero-order valence-electron chi connectivity index (χ0n) is 22.9.